The van der Waals surface area contributed by atoms with Gasteiger partial charge in [-0.05, 0) is 23.8 Å². The lowest BCUT2D eigenvalue weighted by Gasteiger charge is -2.09. The molecule has 0 fully saturated rings. The minimum Gasteiger partial charge on any atom is -0.354 e. The van der Waals surface area contributed by atoms with Crippen molar-refractivity contribution in [1.29, 1.82) is 0 Å². The molecule has 88 valence electrons. The zero-order valence-electron chi connectivity index (χ0n) is 9.11. The van der Waals surface area contributed by atoms with Gasteiger partial charge in [0.25, 0.3) is 0 Å². The van der Waals surface area contributed by atoms with Crippen LogP contribution in [-0.4, -0.2) is 33.3 Å². The van der Waals surface area contributed by atoms with Crippen LogP contribution in [0.2, 0.25) is 0 Å². The third-order valence-corrected chi connectivity index (χ3v) is 2.82. The molecular weight excluding hydrogens is 338 g/mol. The van der Waals surface area contributed by atoms with E-state index in [9.17, 15) is 0 Å². The molecule has 1 rings (SSSR count). The molecular formula is C11H13Br2NO2. The van der Waals surface area contributed by atoms with E-state index in [1.165, 1.54) is 0 Å². The molecule has 0 saturated carbocycles. The fourth-order valence-corrected chi connectivity index (χ4v) is 2.47. The first-order valence-electron chi connectivity index (χ1n) is 4.67. The van der Waals surface area contributed by atoms with Gasteiger partial charge in [0.2, 0.25) is 0 Å². The summed E-state index contributed by atoms with van der Waals surface area (Å²) in [7, 11) is 3.19. The molecule has 0 amide bonds. The van der Waals surface area contributed by atoms with Gasteiger partial charge in [0.1, 0.15) is 0 Å². The van der Waals surface area contributed by atoms with Crippen LogP contribution >= 0.6 is 31.9 Å². The molecule has 1 aromatic carbocycles. The number of aliphatic imine (C=N–C) groups is 1. The van der Waals surface area contributed by atoms with E-state index in [0.717, 1.165) is 14.5 Å². The van der Waals surface area contributed by atoms with E-state index < -0.39 is 0 Å². The summed E-state index contributed by atoms with van der Waals surface area (Å²) in [6.45, 7) is 0.483. The smallest absolute Gasteiger partial charge is 0.176 e. The van der Waals surface area contributed by atoms with E-state index in [4.69, 9.17) is 9.47 Å². The van der Waals surface area contributed by atoms with Crippen molar-refractivity contribution in [2.45, 2.75) is 6.29 Å². The Bertz CT molecular complexity index is 345. The van der Waals surface area contributed by atoms with Crippen LogP contribution in [0.4, 0.5) is 0 Å². The fourth-order valence-electron chi connectivity index (χ4n) is 1.14. The number of hydrogen-bond acceptors (Lipinski definition) is 3. The van der Waals surface area contributed by atoms with E-state index in [1.54, 1.807) is 20.4 Å². The first kappa shape index (κ1) is 13.8. The maximum Gasteiger partial charge on any atom is 0.176 e. The van der Waals surface area contributed by atoms with Crippen LogP contribution in [0.3, 0.4) is 0 Å². The Morgan fingerprint density at radius 1 is 1.19 bits per heavy atom. The van der Waals surface area contributed by atoms with Gasteiger partial charge in [0.05, 0.1) is 6.54 Å². The van der Waals surface area contributed by atoms with Crippen molar-refractivity contribution < 1.29 is 9.47 Å². The molecule has 0 aliphatic rings. The highest BCUT2D eigenvalue weighted by atomic mass is 79.9. The molecule has 0 saturated heterocycles. The predicted octanol–water partition coefficient (Wildman–Crippen LogP) is 3.25. The number of ether oxygens (including phenoxy) is 2. The Labute approximate surface area is 112 Å². The van der Waals surface area contributed by atoms with Crippen molar-refractivity contribution in [2.24, 2.45) is 4.99 Å². The van der Waals surface area contributed by atoms with Gasteiger partial charge in [-0.25, -0.2) is 0 Å². The van der Waals surface area contributed by atoms with Crippen molar-refractivity contribution in [3.63, 3.8) is 0 Å². The van der Waals surface area contributed by atoms with Crippen LogP contribution in [-0.2, 0) is 9.47 Å². The van der Waals surface area contributed by atoms with E-state index in [2.05, 4.69) is 36.9 Å². The average molecular weight is 351 g/mol. The van der Waals surface area contributed by atoms with E-state index in [0.29, 0.717) is 6.54 Å². The SMILES string of the molecule is COC(C/N=C\c1cc(Br)cc(Br)c1)OC. The molecule has 0 unspecified atom stereocenters. The minimum absolute atomic E-state index is 0.285. The number of hydrogen-bond donors (Lipinski definition) is 0. The van der Waals surface area contributed by atoms with Crippen LogP contribution in [0.5, 0.6) is 0 Å². The molecule has 0 bridgehead atoms. The lowest BCUT2D eigenvalue weighted by atomic mass is 10.2. The molecule has 5 heteroatoms. The second kappa shape index (κ2) is 7.17. The molecule has 0 aliphatic carbocycles. The Hall–Kier alpha value is -0.230. The predicted molar refractivity (Wildman–Crippen MR) is 72.1 cm³/mol. The van der Waals surface area contributed by atoms with Gasteiger partial charge in [-0.3, -0.25) is 4.99 Å². The molecule has 0 atom stereocenters. The molecule has 0 radical (unpaired) electrons. The number of rotatable bonds is 5. The summed E-state index contributed by atoms with van der Waals surface area (Å²) in [5.41, 5.74) is 1.02. The Kier molecular flexibility index (Phi) is 6.20. The average Bonchev–Trinajstić information content (AvgIpc) is 2.23. The highest BCUT2D eigenvalue weighted by Gasteiger charge is 2.01. The maximum absolute atomic E-state index is 5.03. The van der Waals surface area contributed by atoms with Crippen LogP contribution in [0.1, 0.15) is 5.56 Å². The molecule has 1 aromatic rings. The zero-order valence-corrected chi connectivity index (χ0v) is 12.3. The summed E-state index contributed by atoms with van der Waals surface area (Å²) in [6.07, 6.45) is 1.51. The third-order valence-electron chi connectivity index (χ3n) is 1.91. The molecule has 3 nitrogen and oxygen atoms in total. The molecule has 0 aromatic heterocycles. The first-order valence-corrected chi connectivity index (χ1v) is 6.26. The first-order chi connectivity index (χ1) is 7.65. The topological polar surface area (TPSA) is 30.8 Å². The van der Waals surface area contributed by atoms with E-state index in [1.807, 2.05) is 18.2 Å². The standard InChI is InChI=1S/C11H13Br2NO2/c1-15-11(16-2)7-14-6-8-3-9(12)5-10(13)4-8/h3-6,11H,7H2,1-2H3/b14-6-. The number of halogens is 2. The number of nitrogens with zero attached hydrogens (tertiary/aromatic N) is 1. The van der Waals surface area contributed by atoms with Crippen LogP contribution < -0.4 is 0 Å². The summed E-state index contributed by atoms with van der Waals surface area (Å²) >= 11 is 6.84. The number of benzene rings is 1. The summed E-state index contributed by atoms with van der Waals surface area (Å²) < 4.78 is 12.1. The van der Waals surface area contributed by atoms with Crippen LogP contribution in [0.25, 0.3) is 0 Å². The van der Waals surface area contributed by atoms with Gasteiger partial charge in [-0.15, -0.1) is 0 Å². The molecule has 0 spiro atoms. The fraction of sp³-hybridized carbons (Fsp3) is 0.364. The molecule has 0 N–H and O–H groups in total. The van der Waals surface area contributed by atoms with Gasteiger partial charge < -0.3 is 9.47 Å². The Morgan fingerprint density at radius 2 is 1.75 bits per heavy atom. The summed E-state index contributed by atoms with van der Waals surface area (Å²) in [6, 6.07) is 5.95. The Morgan fingerprint density at radius 3 is 2.25 bits per heavy atom. The quantitative estimate of drug-likeness (QED) is 0.602. The van der Waals surface area contributed by atoms with Crippen molar-refractivity contribution in [2.75, 3.05) is 20.8 Å². The van der Waals surface area contributed by atoms with Gasteiger partial charge in [-0.1, -0.05) is 31.9 Å². The Balaban J connectivity index is 2.62. The van der Waals surface area contributed by atoms with Gasteiger partial charge in [0.15, 0.2) is 6.29 Å². The van der Waals surface area contributed by atoms with Crippen molar-refractivity contribution in [3.8, 4) is 0 Å². The lowest BCUT2D eigenvalue weighted by molar-refractivity contribution is -0.0936. The number of methoxy groups -OCH3 is 2. The van der Waals surface area contributed by atoms with Crippen LogP contribution in [0, 0.1) is 0 Å². The highest BCUT2D eigenvalue weighted by Crippen LogP contribution is 2.19. The van der Waals surface area contributed by atoms with Crippen LogP contribution in [0.15, 0.2) is 32.1 Å². The summed E-state index contributed by atoms with van der Waals surface area (Å²) in [4.78, 5) is 4.25. The normalized spacial score (nSPS) is 11.6. The van der Waals surface area contributed by atoms with Gasteiger partial charge >= 0.3 is 0 Å². The lowest BCUT2D eigenvalue weighted by Crippen LogP contribution is -2.16. The molecule has 0 heterocycles. The van der Waals surface area contributed by atoms with Crippen molar-refractivity contribution >= 4 is 38.1 Å². The molecule has 16 heavy (non-hydrogen) atoms. The largest absolute Gasteiger partial charge is 0.354 e. The highest BCUT2D eigenvalue weighted by molar-refractivity contribution is 9.11. The summed E-state index contributed by atoms with van der Waals surface area (Å²) in [5.74, 6) is 0. The van der Waals surface area contributed by atoms with Crippen molar-refractivity contribution in [3.05, 3.63) is 32.7 Å². The minimum atomic E-state index is -0.285. The second-order valence-electron chi connectivity index (χ2n) is 3.10. The van der Waals surface area contributed by atoms with E-state index in [-0.39, 0.29) is 6.29 Å². The zero-order chi connectivity index (χ0) is 12.0. The summed E-state index contributed by atoms with van der Waals surface area (Å²) in [5, 5.41) is 0. The molecule has 0 aliphatic heterocycles. The second-order valence-corrected chi connectivity index (χ2v) is 4.93. The van der Waals surface area contributed by atoms with Gasteiger partial charge in [-0.2, -0.15) is 0 Å². The maximum atomic E-state index is 5.03. The van der Waals surface area contributed by atoms with Gasteiger partial charge in [0, 0.05) is 29.4 Å². The third kappa shape index (κ3) is 4.74. The monoisotopic (exact) mass is 349 g/mol. The van der Waals surface area contributed by atoms with Crippen molar-refractivity contribution in [1.82, 2.24) is 0 Å². The van der Waals surface area contributed by atoms with E-state index >= 15 is 0 Å².